The van der Waals surface area contributed by atoms with Crippen LogP contribution >= 0.6 is 15.9 Å². The quantitative estimate of drug-likeness (QED) is 0.762. The molecule has 0 aliphatic carbocycles. The van der Waals surface area contributed by atoms with Gasteiger partial charge in [-0.05, 0) is 35.4 Å². The van der Waals surface area contributed by atoms with E-state index in [1.165, 1.54) is 12.1 Å². The van der Waals surface area contributed by atoms with Crippen molar-refractivity contribution in [1.82, 2.24) is 4.98 Å². The minimum atomic E-state index is -0.667. The lowest BCUT2D eigenvalue weighted by Gasteiger charge is -2.14. The number of hydrogen-bond acceptors (Lipinski definition) is 2. The van der Waals surface area contributed by atoms with E-state index in [1.807, 2.05) is 30.3 Å². The second-order valence-electron chi connectivity index (χ2n) is 4.87. The summed E-state index contributed by atoms with van der Waals surface area (Å²) in [6.07, 6.45) is 1.48. The van der Waals surface area contributed by atoms with Crippen LogP contribution in [0.5, 0.6) is 0 Å². The lowest BCUT2D eigenvalue weighted by Crippen LogP contribution is -2.03. The average Bonchev–Trinajstić information content (AvgIpc) is 2.49. The van der Waals surface area contributed by atoms with Crippen LogP contribution in [0.15, 0.2) is 59.2 Å². The van der Waals surface area contributed by atoms with Gasteiger partial charge in [-0.25, -0.2) is 4.39 Å². The number of aliphatic hydroxyl groups excluding tert-OH is 1. The first-order chi connectivity index (χ1) is 10.1. The molecule has 1 N–H and O–H groups in total. The van der Waals surface area contributed by atoms with Crippen LogP contribution in [-0.4, -0.2) is 10.1 Å². The number of aromatic nitrogens is 1. The Balaban J connectivity index is 1.95. The molecule has 1 aromatic heterocycles. The summed E-state index contributed by atoms with van der Waals surface area (Å²) in [5.41, 5.74) is 2.55. The van der Waals surface area contributed by atoms with E-state index in [0.29, 0.717) is 10.9 Å². The number of aliphatic hydroxyl groups is 1. The molecule has 0 spiro atoms. The summed E-state index contributed by atoms with van der Waals surface area (Å²) >= 11 is 3.33. The Bertz CT molecular complexity index is 785. The van der Waals surface area contributed by atoms with E-state index >= 15 is 0 Å². The van der Waals surface area contributed by atoms with Crippen LogP contribution in [0, 0.1) is 5.82 Å². The first-order valence-electron chi connectivity index (χ1n) is 6.61. The van der Waals surface area contributed by atoms with Gasteiger partial charge in [-0.1, -0.05) is 40.2 Å². The van der Waals surface area contributed by atoms with Crippen LogP contribution in [0.25, 0.3) is 10.9 Å². The van der Waals surface area contributed by atoms with Gasteiger partial charge in [-0.2, -0.15) is 0 Å². The Morgan fingerprint density at radius 3 is 2.81 bits per heavy atom. The number of hydrogen-bond donors (Lipinski definition) is 1. The predicted octanol–water partition coefficient (Wildman–Crippen LogP) is 4.41. The Morgan fingerprint density at radius 1 is 1.14 bits per heavy atom. The molecule has 4 heteroatoms. The average molecular weight is 346 g/mol. The van der Waals surface area contributed by atoms with Crippen LogP contribution < -0.4 is 0 Å². The monoisotopic (exact) mass is 345 g/mol. The molecule has 1 heterocycles. The predicted molar refractivity (Wildman–Crippen MR) is 84.5 cm³/mol. The number of rotatable bonds is 3. The van der Waals surface area contributed by atoms with Gasteiger partial charge in [-0.15, -0.1) is 0 Å². The summed E-state index contributed by atoms with van der Waals surface area (Å²) in [4.78, 5) is 4.29. The Kier molecular flexibility index (Phi) is 3.99. The van der Waals surface area contributed by atoms with E-state index in [-0.39, 0.29) is 5.82 Å². The molecule has 3 rings (SSSR count). The molecular weight excluding hydrogens is 333 g/mol. The number of fused-ring (bicyclic) bond motifs is 1. The van der Waals surface area contributed by atoms with Gasteiger partial charge in [0.05, 0.1) is 11.6 Å². The Morgan fingerprint density at radius 2 is 2.00 bits per heavy atom. The number of halogens is 2. The molecule has 0 amide bonds. The fraction of sp³-hybridized carbons (Fsp3) is 0.118. The summed E-state index contributed by atoms with van der Waals surface area (Å²) in [7, 11) is 0. The van der Waals surface area contributed by atoms with E-state index in [1.54, 1.807) is 12.3 Å². The number of nitrogens with zero attached hydrogens (tertiary/aromatic N) is 1. The van der Waals surface area contributed by atoms with Crippen molar-refractivity contribution in [3.05, 3.63) is 76.1 Å². The van der Waals surface area contributed by atoms with E-state index in [4.69, 9.17) is 0 Å². The SMILES string of the molecule is OC(Cc1ccc(F)cc1Br)c1cccc2ncccc12. The fourth-order valence-corrected chi connectivity index (χ4v) is 2.94. The summed E-state index contributed by atoms with van der Waals surface area (Å²) in [5, 5.41) is 11.5. The standard InChI is InChI=1S/C17H13BrFNO/c18-15-10-12(19)7-6-11(15)9-17(21)14-3-1-5-16-13(14)4-2-8-20-16/h1-8,10,17,21H,9H2. The molecule has 0 saturated heterocycles. The number of pyridine rings is 1. The molecule has 2 nitrogen and oxygen atoms in total. The summed E-state index contributed by atoms with van der Waals surface area (Å²) in [6.45, 7) is 0. The van der Waals surface area contributed by atoms with Gasteiger partial charge in [0, 0.05) is 22.5 Å². The molecule has 0 bridgehead atoms. The lowest BCUT2D eigenvalue weighted by molar-refractivity contribution is 0.180. The van der Waals surface area contributed by atoms with Crippen molar-refractivity contribution in [2.45, 2.75) is 12.5 Å². The van der Waals surface area contributed by atoms with Gasteiger partial charge in [0.2, 0.25) is 0 Å². The normalized spacial score (nSPS) is 12.5. The topological polar surface area (TPSA) is 33.1 Å². The fourth-order valence-electron chi connectivity index (χ4n) is 2.42. The molecule has 0 radical (unpaired) electrons. The third-order valence-electron chi connectivity index (χ3n) is 3.47. The molecule has 2 aromatic carbocycles. The van der Waals surface area contributed by atoms with Gasteiger partial charge in [0.25, 0.3) is 0 Å². The highest BCUT2D eigenvalue weighted by molar-refractivity contribution is 9.10. The van der Waals surface area contributed by atoms with Crippen molar-refractivity contribution >= 4 is 26.8 Å². The van der Waals surface area contributed by atoms with Crippen LogP contribution in [0.4, 0.5) is 4.39 Å². The second kappa shape index (κ2) is 5.92. The molecule has 0 aliphatic rings. The van der Waals surface area contributed by atoms with Crippen LogP contribution in [0.3, 0.4) is 0 Å². The molecule has 1 atom stereocenters. The largest absolute Gasteiger partial charge is 0.388 e. The minimum Gasteiger partial charge on any atom is -0.388 e. The highest BCUT2D eigenvalue weighted by atomic mass is 79.9. The van der Waals surface area contributed by atoms with E-state index in [0.717, 1.165) is 22.0 Å². The van der Waals surface area contributed by atoms with Gasteiger partial charge in [0.1, 0.15) is 5.82 Å². The van der Waals surface area contributed by atoms with Crippen LogP contribution in [0.1, 0.15) is 17.2 Å². The van der Waals surface area contributed by atoms with Crippen molar-refractivity contribution in [3.8, 4) is 0 Å². The molecule has 0 saturated carbocycles. The third-order valence-corrected chi connectivity index (χ3v) is 4.20. The Labute approximate surface area is 130 Å². The van der Waals surface area contributed by atoms with Crippen molar-refractivity contribution in [3.63, 3.8) is 0 Å². The first-order valence-corrected chi connectivity index (χ1v) is 7.40. The third kappa shape index (κ3) is 2.96. The summed E-state index contributed by atoms with van der Waals surface area (Å²) in [5.74, 6) is -0.297. The van der Waals surface area contributed by atoms with Gasteiger partial charge < -0.3 is 5.11 Å². The van der Waals surface area contributed by atoms with E-state index in [9.17, 15) is 9.50 Å². The van der Waals surface area contributed by atoms with Crippen LogP contribution in [0.2, 0.25) is 0 Å². The molecule has 21 heavy (non-hydrogen) atoms. The van der Waals surface area contributed by atoms with Gasteiger partial charge in [0.15, 0.2) is 0 Å². The van der Waals surface area contributed by atoms with Crippen molar-refractivity contribution < 1.29 is 9.50 Å². The van der Waals surface area contributed by atoms with Crippen LogP contribution in [-0.2, 0) is 6.42 Å². The van der Waals surface area contributed by atoms with Crippen molar-refractivity contribution in [1.29, 1.82) is 0 Å². The minimum absolute atomic E-state index is 0.297. The maximum atomic E-state index is 13.1. The summed E-state index contributed by atoms with van der Waals surface area (Å²) in [6, 6.07) is 14.0. The zero-order valence-corrected chi connectivity index (χ0v) is 12.7. The van der Waals surface area contributed by atoms with Crippen molar-refractivity contribution in [2.75, 3.05) is 0 Å². The van der Waals surface area contributed by atoms with Gasteiger partial charge in [-0.3, -0.25) is 4.98 Å². The number of benzene rings is 2. The van der Waals surface area contributed by atoms with E-state index in [2.05, 4.69) is 20.9 Å². The Hall–Kier alpha value is -1.78. The second-order valence-corrected chi connectivity index (χ2v) is 5.73. The molecule has 1 unspecified atom stereocenters. The highest BCUT2D eigenvalue weighted by Gasteiger charge is 2.14. The maximum Gasteiger partial charge on any atom is 0.124 e. The molecule has 3 aromatic rings. The van der Waals surface area contributed by atoms with Gasteiger partial charge >= 0.3 is 0 Å². The highest BCUT2D eigenvalue weighted by Crippen LogP contribution is 2.28. The smallest absolute Gasteiger partial charge is 0.124 e. The first kappa shape index (κ1) is 14.2. The molecule has 0 aliphatic heterocycles. The molecular formula is C17H13BrFNO. The van der Waals surface area contributed by atoms with Crippen molar-refractivity contribution in [2.24, 2.45) is 0 Å². The maximum absolute atomic E-state index is 13.1. The van der Waals surface area contributed by atoms with E-state index < -0.39 is 6.10 Å². The zero-order chi connectivity index (χ0) is 14.8. The lowest BCUT2D eigenvalue weighted by atomic mass is 9.98. The molecule has 0 fully saturated rings. The molecule has 106 valence electrons. The zero-order valence-electron chi connectivity index (χ0n) is 11.1. The summed E-state index contributed by atoms with van der Waals surface area (Å²) < 4.78 is 13.8.